The first kappa shape index (κ1) is 25.5. The number of aromatic hydroxyl groups is 2. The topological polar surface area (TPSA) is 133 Å². The van der Waals surface area contributed by atoms with Crippen molar-refractivity contribution in [2.24, 2.45) is 0 Å². The number of hydrogen-bond donors (Lipinski definition) is 4. The third-order valence-corrected chi connectivity index (χ3v) is 7.43. The molecule has 0 spiro atoms. The molecule has 0 bridgehead atoms. The number of sulfone groups is 1. The van der Waals surface area contributed by atoms with Gasteiger partial charge in [0.2, 0.25) is 9.84 Å². The quantitative estimate of drug-likeness (QED) is 0.265. The first-order chi connectivity index (χ1) is 17.5. The van der Waals surface area contributed by atoms with E-state index in [4.69, 9.17) is 0 Å². The summed E-state index contributed by atoms with van der Waals surface area (Å²) in [5.74, 6) is -1.65. The van der Waals surface area contributed by atoms with Crippen molar-refractivity contribution in [3.8, 4) is 11.5 Å². The van der Waals surface area contributed by atoms with Crippen molar-refractivity contribution in [2.75, 3.05) is 10.6 Å². The Labute approximate surface area is 214 Å². The van der Waals surface area contributed by atoms with Gasteiger partial charge in [-0.05, 0) is 74.5 Å². The molecule has 0 fully saturated rings. The van der Waals surface area contributed by atoms with Crippen LogP contribution in [0, 0.1) is 13.8 Å². The van der Waals surface area contributed by atoms with Crippen LogP contribution < -0.4 is 10.6 Å². The van der Waals surface area contributed by atoms with E-state index in [2.05, 4.69) is 10.6 Å². The Balaban J connectivity index is 1.61. The molecule has 0 saturated heterocycles. The Morgan fingerprint density at radius 2 is 0.946 bits per heavy atom. The molecule has 8 nitrogen and oxygen atoms in total. The van der Waals surface area contributed by atoms with E-state index in [1.807, 2.05) is 13.8 Å². The first-order valence-corrected chi connectivity index (χ1v) is 12.7. The molecule has 4 rings (SSSR count). The maximum absolute atomic E-state index is 13.4. The average Bonchev–Trinajstić information content (AvgIpc) is 2.87. The zero-order chi connectivity index (χ0) is 26.7. The van der Waals surface area contributed by atoms with Gasteiger partial charge >= 0.3 is 0 Å². The van der Waals surface area contributed by atoms with Gasteiger partial charge in [-0.25, -0.2) is 8.42 Å². The zero-order valence-electron chi connectivity index (χ0n) is 20.0. The second-order valence-electron chi connectivity index (χ2n) is 8.50. The van der Waals surface area contributed by atoms with E-state index in [1.54, 1.807) is 48.5 Å². The molecular weight excluding hydrogens is 492 g/mol. The Kier molecular flexibility index (Phi) is 6.99. The molecular formula is C28H24N2O6S. The van der Waals surface area contributed by atoms with E-state index in [-0.39, 0.29) is 32.7 Å². The Hall–Kier alpha value is -4.63. The van der Waals surface area contributed by atoms with Gasteiger partial charge in [0.15, 0.2) is 0 Å². The molecule has 0 aliphatic carbocycles. The highest BCUT2D eigenvalue weighted by molar-refractivity contribution is 7.91. The number of anilines is 2. The summed E-state index contributed by atoms with van der Waals surface area (Å²) in [5, 5.41) is 25.5. The lowest BCUT2D eigenvalue weighted by Gasteiger charge is -2.13. The van der Waals surface area contributed by atoms with Crippen LogP contribution in [-0.2, 0) is 9.84 Å². The molecule has 0 heterocycles. The molecule has 2 amide bonds. The van der Waals surface area contributed by atoms with E-state index in [9.17, 15) is 28.2 Å². The van der Waals surface area contributed by atoms with E-state index >= 15 is 0 Å². The second-order valence-corrected chi connectivity index (χ2v) is 10.5. The molecule has 188 valence electrons. The van der Waals surface area contributed by atoms with Gasteiger partial charge in [0.1, 0.15) is 11.5 Å². The molecule has 9 heteroatoms. The monoisotopic (exact) mass is 516 g/mol. The van der Waals surface area contributed by atoms with Crippen molar-refractivity contribution in [1.82, 2.24) is 0 Å². The molecule has 0 atom stereocenters. The predicted molar refractivity (Wildman–Crippen MR) is 140 cm³/mol. The van der Waals surface area contributed by atoms with Crippen molar-refractivity contribution in [2.45, 2.75) is 23.6 Å². The van der Waals surface area contributed by atoms with Gasteiger partial charge in [-0.15, -0.1) is 0 Å². The predicted octanol–water partition coefficient (Wildman–Crippen LogP) is 5.05. The summed E-state index contributed by atoms with van der Waals surface area (Å²) in [5.41, 5.74) is 2.44. The van der Waals surface area contributed by atoms with Gasteiger partial charge in [0.05, 0.1) is 21.2 Å². The number of aryl methyl sites for hydroxylation is 2. The Morgan fingerprint density at radius 3 is 1.30 bits per heavy atom. The number of hydrogen-bond acceptors (Lipinski definition) is 6. The van der Waals surface area contributed by atoms with E-state index in [0.29, 0.717) is 11.1 Å². The summed E-state index contributed by atoms with van der Waals surface area (Å²) >= 11 is 0. The first-order valence-electron chi connectivity index (χ1n) is 11.2. The molecule has 4 aromatic carbocycles. The van der Waals surface area contributed by atoms with E-state index in [0.717, 1.165) is 35.4 Å². The molecule has 4 N–H and O–H groups in total. The highest BCUT2D eigenvalue weighted by atomic mass is 32.2. The number of nitrogens with one attached hydrogen (secondary N) is 2. The van der Waals surface area contributed by atoms with Crippen LogP contribution in [0.4, 0.5) is 11.4 Å². The lowest BCUT2D eigenvalue weighted by molar-refractivity contribution is 0.101. The highest BCUT2D eigenvalue weighted by Gasteiger charge is 2.22. The molecule has 0 aliphatic heterocycles. The highest BCUT2D eigenvalue weighted by Crippen LogP contribution is 2.33. The van der Waals surface area contributed by atoms with Gasteiger partial charge in [0, 0.05) is 11.1 Å². The Bertz CT molecular complexity index is 1480. The smallest absolute Gasteiger partial charge is 0.255 e. The SMILES string of the molecule is Cc1ccc(C(=O)Nc2cc(S(=O)(=O)c3ccc(O)c(NC(=O)c4ccc(C)cc4)c3)ccc2O)cc1. The number of carbonyl (C=O) groups excluding carboxylic acids is 2. The fourth-order valence-corrected chi connectivity index (χ4v) is 4.81. The summed E-state index contributed by atoms with van der Waals surface area (Å²) in [6.45, 7) is 3.76. The van der Waals surface area contributed by atoms with Gasteiger partial charge in [-0.2, -0.15) is 0 Å². The van der Waals surface area contributed by atoms with Crippen LogP contribution >= 0.6 is 0 Å². The average molecular weight is 517 g/mol. The van der Waals surface area contributed by atoms with Crippen molar-refractivity contribution >= 4 is 33.0 Å². The van der Waals surface area contributed by atoms with E-state index in [1.165, 1.54) is 12.1 Å². The van der Waals surface area contributed by atoms with Gasteiger partial charge in [0.25, 0.3) is 11.8 Å². The standard InChI is InChI=1S/C28H24N2O6S/c1-17-3-7-19(8-4-17)27(33)29-23-15-21(11-13-25(23)31)37(35,36)22-12-14-26(32)24(16-22)30-28(34)20-9-5-18(2)6-10-20/h3-16,31-32H,1-2H3,(H,29,33)(H,30,34). The van der Waals surface area contributed by atoms with Crippen LogP contribution in [0.25, 0.3) is 0 Å². The van der Waals surface area contributed by atoms with Crippen LogP contribution in [-0.4, -0.2) is 30.4 Å². The number of amides is 2. The normalized spacial score (nSPS) is 11.1. The summed E-state index contributed by atoms with van der Waals surface area (Å²) in [6, 6.07) is 20.5. The van der Waals surface area contributed by atoms with Crippen molar-refractivity contribution < 1.29 is 28.2 Å². The second kappa shape index (κ2) is 10.2. The zero-order valence-corrected chi connectivity index (χ0v) is 20.8. The number of phenols is 2. The lowest BCUT2D eigenvalue weighted by atomic mass is 10.1. The van der Waals surface area contributed by atoms with Crippen molar-refractivity contribution in [1.29, 1.82) is 0 Å². The fourth-order valence-electron chi connectivity index (χ4n) is 3.50. The van der Waals surface area contributed by atoms with Crippen LogP contribution in [0.2, 0.25) is 0 Å². The largest absolute Gasteiger partial charge is 0.506 e. The molecule has 0 saturated carbocycles. The molecule has 37 heavy (non-hydrogen) atoms. The van der Waals surface area contributed by atoms with E-state index < -0.39 is 21.7 Å². The summed E-state index contributed by atoms with van der Waals surface area (Å²) in [7, 11) is -4.15. The molecule has 0 radical (unpaired) electrons. The summed E-state index contributed by atoms with van der Waals surface area (Å²) in [6.07, 6.45) is 0. The van der Waals surface area contributed by atoms with Crippen molar-refractivity contribution in [3.63, 3.8) is 0 Å². The van der Waals surface area contributed by atoms with Gasteiger partial charge in [-0.1, -0.05) is 35.4 Å². The molecule has 0 aromatic heterocycles. The van der Waals surface area contributed by atoms with Crippen LogP contribution in [0.5, 0.6) is 11.5 Å². The number of benzene rings is 4. The maximum atomic E-state index is 13.4. The summed E-state index contributed by atoms with van der Waals surface area (Å²) in [4.78, 5) is 24.8. The third kappa shape index (κ3) is 5.62. The number of phenolic OH excluding ortho intramolecular Hbond substituents is 2. The summed E-state index contributed by atoms with van der Waals surface area (Å²) < 4.78 is 26.7. The van der Waals surface area contributed by atoms with Crippen LogP contribution in [0.3, 0.4) is 0 Å². The van der Waals surface area contributed by atoms with Crippen LogP contribution in [0.1, 0.15) is 31.8 Å². The minimum atomic E-state index is -4.15. The Morgan fingerprint density at radius 1 is 0.595 bits per heavy atom. The molecule has 4 aromatic rings. The minimum absolute atomic E-state index is 0.0849. The van der Waals surface area contributed by atoms with Gasteiger partial charge < -0.3 is 20.8 Å². The van der Waals surface area contributed by atoms with Gasteiger partial charge in [-0.3, -0.25) is 9.59 Å². The molecule has 0 aliphatic rings. The number of rotatable bonds is 6. The lowest BCUT2D eigenvalue weighted by Crippen LogP contribution is -2.13. The minimum Gasteiger partial charge on any atom is -0.506 e. The fraction of sp³-hybridized carbons (Fsp3) is 0.0714. The molecule has 0 unspecified atom stereocenters. The number of carbonyl (C=O) groups is 2. The van der Waals surface area contributed by atoms with Crippen LogP contribution in [0.15, 0.2) is 94.7 Å². The maximum Gasteiger partial charge on any atom is 0.255 e. The third-order valence-electron chi connectivity index (χ3n) is 5.68. The van der Waals surface area contributed by atoms with Crippen molar-refractivity contribution in [3.05, 3.63) is 107 Å².